The molecule has 0 amide bonds. The standard InChI is InChI=1S/C78H46/c1-3-16-50-43-55(35-30-47(50)14-1)75-65-24-9-10-25-66(65)77(57-36-31-48-15-2-4-17-51(48)44-57)72-46-58(38-39-71(72)75)76-63-22-7-5-20-61(63)74(62-21-6-8-23-64(62)76)56-37-33-52-42-54(34-32-53(52)45-56)59-40-41-70-68-27-12-19-49-18-11-26-67(73(49)68)69-29-13-28-60(59)78(69)70/h1-46H. The molecule has 0 bridgehead atoms. The normalized spacial score (nSPS) is 12.1. The van der Waals surface area contributed by atoms with E-state index in [0.29, 0.717) is 0 Å². The summed E-state index contributed by atoms with van der Waals surface area (Å²) in [5, 5.41) is 27.9. The molecule has 0 atom stereocenters. The molecule has 0 saturated carbocycles. The van der Waals surface area contributed by atoms with Gasteiger partial charge in [-0.25, -0.2) is 0 Å². The van der Waals surface area contributed by atoms with Crippen LogP contribution in [0.5, 0.6) is 0 Å². The van der Waals surface area contributed by atoms with Crippen LogP contribution in [0.25, 0.3) is 174 Å². The highest BCUT2D eigenvalue weighted by molar-refractivity contribution is 6.34. The smallest absolute Gasteiger partial charge is 0.00201 e. The zero-order valence-corrected chi connectivity index (χ0v) is 42.6. The summed E-state index contributed by atoms with van der Waals surface area (Å²) < 4.78 is 0. The van der Waals surface area contributed by atoms with Crippen molar-refractivity contribution < 1.29 is 0 Å². The largest absolute Gasteiger partial charge is 0.0616 e. The maximum absolute atomic E-state index is 2.50. The van der Waals surface area contributed by atoms with Crippen LogP contribution in [0.2, 0.25) is 0 Å². The average molecular weight is 983 g/mol. The van der Waals surface area contributed by atoms with Gasteiger partial charge in [0.2, 0.25) is 0 Å². The molecule has 78 heavy (non-hydrogen) atoms. The van der Waals surface area contributed by atoms with Gasteiger partial charge in [0.25, 0.3) is 0 Å². The van der Waals surface area contributed by atoms with Crippen LogP contribution in [0.1, 0.15) is 0 Å². The first kappa shape index (κ1) is 43.1. The lowest BCUT2D eigenvalue weighted by Crippen LogP contribution is -1.94. The van der Waals surface area contributed by atoms with Gasteiger partial charge in [-0.3, -0.25) is 0 Å². The third kappa shape index (κ3) is 6.35. The van der Waals surface area contributed by atoms with E-state index in [-0.39, 0.29) is 0 Å². The fraction of sp³-hybridized carbons (Fsp3) is 0. The molecule has 0 N–H and O–H groups in total. The SMILES string of the molecule is c1ccc2cc(-c3c4ccccc4c(-c4ccc5ccccc5c4)c4cc(-c5c6ccccc6c(-c6ccc7cc(-c8ccc9c%10cccc%11cccc(c%12cccc8c%129)c%11%10)ccc7c6)c6ccccc56)ccc34)ccc2c1. The van der Waals surface area contributed by atoms with E-state index in [1.54, 1.807) is 0 Å². The highest BCUT2D eigenvalue weighted by Crippen LogP contribution is 2.50. The van der Waals surface area contributed by atoms with Gasteiger partial charge in [0.15, 0.2) is 0 Å². The second-order valence-electron chi connectivity index (χ2n) is 21.4. The van der Waals surface area contributed by atoms with Crippen LogP contribution in [-0.2, 0) is 0 Å². The Morgan fingerprint density at radius 1 is 0.141 bits per heavy atom. The van der Waals surface area contributed by atoms with Gasteiger partial charge < -0.3 is 0 Å². The molecule has 0 spiro atoms. The highest BCUT2D eigenvalue weighted by Gasteiger charge is 2.22. The molecule has 17 rings (SSSR count). The molecule has 0 nitrogen and oxygen atoms in total. The van der Waals surface area contributed by atoms with Gasteiger partial charge in [0.1, 0.15) is 0 Å². The lowest BCUT2D eigenvalue weighted by molar-refractivity contribution is 1.66. The Morgan fingerprint density at radius 2 is 0.436 bits per heavy atom. The molecule has 0 heterocycles. The lowest BCUT2D eigenvalue weighted by atomic mass is 9.82. The maximum atomic E-state index is 2.50. The molecular weight excluding hydrogens is 937 g/mol. The summed E-state index contributed by atoms with van der Waals surface area (Å²) in [7, 11) is 0. The predicted molar refractivity (Wildman–Crippen MR) is 337 cm³/mol. The molecular formula is C78H46. The Balaban J connectivity index is 0.852. The second kappa shape index (κ2) is 16.7. The molecule has 0 aliphatic rings. The van der Waals surface area contributed by atoms with Crippen molar-refractivity contribution in [3.63, 3.8) is 0 Å². The number of fused-ring (bicyclic) bond motifs is 9. The first-order valence-electron chi connectivity index (χ1n) is 27.2. The Bertz CT molecular complexity index is 5280. The minimum atomic E-state index is 1.20. The maximum Gasteiger partial charge on any atom is -0.00201 e. The van der Waals surface area contributed by atoms with Crippen molar-refractivity contribution in [2.24, 2.45) is 0 Å². The molecule has 0 saturated heterocycles. The number of benzene rings is 17. The Hall–Kier alpha value is -10.1. The van der Waals surface area contributed by atoms with Gasteiger partial charge in [-0.2, -0.15) is 0 Å². The van der Waals surface area contributed by atoms with Crippen molar-refractivity contribution in [2.45, 2.75) is 0 Å². The summed E-state index contributed by atoms with van der Waals surface area (Å²) in [5.41, 5.74) is 12.4. The van der Waals surface area contributed by atoms with E-state index in [1.165, 1.54) is 174 Å². The van der Waals surface area contributed by atoms with Crippen LogP contribution in [0.3, 0.4) is 0 Å². The van der Waals surface area contributed by atoms with Crippen LogP contribution < -0.4 is 0 Å². The summed E-state index contributed by atoms with van der Waals surface area (Å²) >= 11 is 0. The summed E-state index contributed by atoms with van der Waals surface area (Å²) in [6.45, 7) is 0. The molecule has 0 fully saturated rings. The highest BCUT2D eigenvalue weighted by atomic mass is 14.3. The third-order valence-corrected chi connectivity index (χ3v) is 17.3. The molecule has 0 heteroatoms. The van der Waals surface area contributed by atoms with Gasteiger partial charge in [0, 0.05) is 0 Å². The molecule has 358 valence electrons. The molecule has 0 aliphatic heterocycles. The summed E-state index contributed by atoms with van der Waals surface area (Å²) in [5.74, 6) is 0. The van der Waals surface area contributed by atoms with Crippen molar-refractivity contribution >= 4 is 118 Å². The molecule has 0 radical (unpaired) electrons. The second-order valence-corrected chi connectivity index (χ2v) is 21.4. The predicted octanol–water partition coefficient (Wildman–Crippen LogP) is 22.1. The Morgan fingerprint density at radius 3 is 0.949 bits per heavy atom. The number of hydrogen-bond acceptors (Lipinski definition) is 0. The van der Waals surface area contributed by atoms with E-state index < -0.39 is 0 Å². The van der Waals surface area contributed by atoms with Crippen LogP contribution in [-0.4, -0.2) is 0 Å². The molecule has 17 aromatic carbocycles. The topological polar surface area (TPSA) is 0 Å². The van der Waals surface area contributed by atoms with Gasteiger partial charge in [0.05, 0.1) is 0 Å². The van der Waals surface area contributed by atoms with Crippen LogP contribution in [0, 0.1) is 0 Å². The number of hydrogen-bond donors (Lipinski definition) is 0. The van der Waals surface area contributed by atoms with E-state index in [1.807, 2.05) is 0 Å². The fourth-order valence-corrected chi connectivity index (χ4v) is 13.9. The van der Waals surface area contributed by atoms with Gasteiger partial charge in [-0.1, -0.05) is 249 Å². The van der Waals surface area contributed by atoms with Crippen LogP contribution >= 0.6 is 0 Å². The van der Waals surface area contributed by atoms with E-state index in [0.717, 1.165) is 0 Å². The van der Waals surface area contributed by atoms with E-state index in [9.17, 15) is 0 Å². The van der Waals surface area contributed by atoms with Crippen molar-refractivity contribution in [3.05, 3.63) is 279 Å². The van der Waals surface area contributed by atoms with Crippen LogP contribution in [0.4, 0.5) is 0 Å². The molecule has 0 aromatic heterocycles. The quantitative estimate of drug-likeness (QED) is 0.119. The van der Waals surface area contributed by atoms with E-state index in [4.69, 9.17) is 0 Å². The molecule has 0 aliphatic carbocycles. The average Bonchev–Trinajstić information content (AvgIpc) is 3.60. The van der Waals surface area contributed by atoms with Crippen molar-refractivity contribution in [3.8, 4) is 55.6 Å². The Kier molecular flexibility index (Phi) is 9.22. The van der Waals surface area contributed by atoms with Crippen molar-refractivity contribution in [2.75, 3.05) is 0 Å². The minimum Gasteiger partial charge on any atom is -0.0616 e. The Labute approximate surface area is 450 Å². The number of rotatable bonds is 5. The van der Waals surface area contributed by atoms with Crippen molar-refractivity contribution in [1.29, 1.82) is 0 Å². The zero-order valence-electron chi connectivity index (χ0n) is 42.6. The molecule has 0 unspecified atom stereocenters. The third-order valence-electron chi connectivity index (χ3n) is 17.3. The first-order valence-corrected chi connectivity index (χ1v) is 27.2. The van der Waals surface area contributed by atoms with Gasteiger partial charge in [-0.15, -0.1) is 0 Å². The van der Waals surface area contributed by atoms with E-state index >= 15 is 0 Å². The summed E-state index contributed by atoms with van der Waals surface area (Å²) in [6, 6.07) is 105. The monoisotopic (exact) mass is 982 g/mol. The van der Waals surface area contributed by atoms with Gasteiger partial charge in [-0.05, 0) is 204 Å². The molecule has 17 aromatic rings. The van der Waals surface area contributed by atoms with Gasteiger partial charge >= 0.3 is 0 Å². The van der Waals surface area contributed by atoms with E-state index in [2.05, 4.69) is 279 Å². The fourth-order valence-electron chi connectivity index (χ4n) is 13.9. The minimum absolute atomic E-state index is 1.20. The van der Waals surface area contributed by atoms with Crippen LogP contribution in [0.15, 0.2) is 279 Å². The first-order chi connectivity index (χ1) is 38.7. The summed E-state index contributed by atoms with van der Waals surface area (Å²) in [4.78, 5) is 0. The summed E-state index contributed by atoms with van der Waals surface area (Å²) in [6.07, 6.45) is 0. The lowest BCUT2D eigenvalue weighted by Gasteiger charge is -2.21. The van der Waals surface area contributed by atoms with Crippen molar-refractivity contribution in [1.82, 2.24) is 0 Å². The zero-order chi connectivity index (χ0) is 51.0.